The summed E-state index contributed by atoms with van der Waals surface area (Å²) in [6, 6.07) is 0. The normalized spacial score (nSPS) is 14.0. The molecule has 0 bridgehead atoms. The van der Waals surface area contributed by atoms with Crippen molar-refractivity contribution < 1.29 is 42.1 Å². The Bertz CT molecular complexity index is 1240. The highest BCUT2D eigenvalue weighted by Gasteiger charge is 2.21. The molecule has 0 saturated heterocycles. The zero-order valence-corrected chi connectivity index (χ0v) is 41.4. The molecule has 0 saturated carbocycles. The first-order chi connectivity index (χ1) is 30.0. The van der Waals surface area contributed by atoms with Crippen molar-refractivity contribution in [2.75, 3.05) is 47.5 Å². The first-order valence-corrected chi connectivity index (χ1v) is 26.5. The van der Waals surface area contributed by atoms with Crippen LogP contribution in [0.4, 0.5) is 0 Å². The van der Waals surface area contributed by atoms with E-state index in [0.717, 1.165) is 77.0 Å². The number of carbonyl (C=O) groups is 2. The minimum absolute atomic E-state index is 0.0424. The Balaban J connectivity index is 4.30. The van der Waals surface area contributed by atoms with Gasteiger partial charge >= 0.3 is 11.9 Å². The molecular formula is C52H94NO8P. The van der Waals surface area contributed by atoms with Crippen molar-refractivity contribution in [3.05, 3.63) is 60.8 Å². The van der Waals surface area contributed by atoms with E-state index in [-0.39, 0.29) is 26.1 Å². The van der Waals surface area contributed by atoms with Crippen LogP contribution in [0.3, 0.4) is 0 Å². The van der Waals surface area contributed by atoms with Crippen molar-refractivity contribution in [2.45, 2.75) is 213 Å². The molecule has 2 atom stereocenters. The van der Waals surface area contributed by atoms with E-state index in [1.807, 2.05) is 21.1 Å². The average Bonchev–Trinajstić information content (AvgIpc) is 3.23. The molecule has 62 heavy (non-hydrogen) atoms. The van der Waals surface area contributed by atoms with Gasteiger partial charge < -0.3 is 27.9 Å². The topological polar surface area (TPSA) is 111 Å². The number of nitrogens with zero attached hydrogens (tertiary/aromatic N) is 1. The van der Waals surface area contributed by atoms with E-state index < -0.39 is 32.5 Å². The van der Waals surface area contributed by atoms with Gasteiger partial charge in [-0.2, -0.15) is 0 Å². The maximum Gasteiger partial charge on any atom is 0.306 e. The summed E-state index contributed by atoms with van der Waals surface area (Å²) in [6.07, 6.45) is 54.1. The van der Waals surface area contributed by atoms with E-state index in [0.29, 0.717) is 23.9 Å². The largest absolute Gasteiger partial charge is 0.756 e. The fourth-order valence-corrected chi connectivity index (χ4v) is 7.36. The van der Waals surface area contributed by atoms with E-state index in [1.165, 1.54) is 89.9 Å². The van der Waals surface area contributed by atoms with E-state index in [2.05, 4.69) is 74.6 Å². The second-order valence-corrected chi connectivity index (χ2v) is 19.2. The Morgan fingerprint density at radius 1 is 0.516 bits per heavy atom. The third kappa shape index (κ3) is 47.2. The number of hydrogen-bond donors (Lipinski definition) is 0. The van der Waals surface area contributed by atoms with Crippen LogP contribution in [0.25, 0.3) is 0 Å². The van der Waals surface area contributed by atoms with Crippen LogP contribution in [0.1, 0.15) is 206 Å². The molecule has 0 fully saturated rings. The van der Waals surface area contributed by atoms with E-state index >= 15 is 0 Å². The van der Waals surface area contributed by atoms with Crippen molar-refractivity contribution >= 4 is 19.8 Å². The third-order valence-corrected chi connectivity index (χ3v) is 11.5. The third-order valence-electron chi connectivity index (χ3n) is 10.5. The number of rotatable bonds is 45. The maximum atomic E-state index is 12.7. The molecule has 0 aliphatic heterocycles. The maximum absolute atomic E-state index is 12.7. The molecule has 0 aliphatic rings. The van der Waals surface area contributed by atoms with Crippen LogP contribution >= 0.6 is 7.82 Å². The first-order valence-electron chi connectivity index (χ1n) is 25.0. The standard InChI is InChI=1S/C52H94NO8P/c1-6-8-10-12-14-16-18-20-22-23-24-25-26-27-28-29-31-32-34-36-38-40-42-44-51(54)58-48-50(49-60-62(56,57)59-47-46-53(3,4)5)61-52(55)45-43-41-39-37-35-33-30-21-19-17-15-13-11-9-7-2/h9,11,15,17,21,29-31,36,38,50H,6-8,10,12-14,16,18-20,22-28,32-35,37,39-49H2,1-5H3/b11-9+,17-15+,30-21+,31-29+,38-36+/t50-/m0/s1. The van der Waals surface area contributed by atoms with Gasteiger partial charge in [-0.05, 0) is 77.0 Å². The quantitative estimate of drug-likeness (QED) is 0.0195. The van der Waals surface area contributed by atoms with Crippen molar-refractivity contribution in [3.8, 4) is 0 Å². The molecule has 0 aromatic heterocycles. The molecule has 0 aromatic rings. The average molecular weight is 892 g/mol. The van der Waals surface area contributed by atoms with Crippen LogP contribution in [0, 0.1) is 0 Å². The smallest absolute Gasteiger partial charge is 0.306 e. The summed E-state index contributed by atoms with van der Waals surface area (Å²) < 4.78 is 33.9. The zero-order chi connectivity index (χ0) is 45.7. The lowest BCUT2D eigenvalue weighted by Gasteiger charge is -2.28. The van der Waals surface area contributed by atoms with Gasteiger partial charge in [0.15, 0.2) is 6.10 Å². The minimum Gasteiger partial charge on any atom is -0.756 e. The monoisotopic (exact) mass is 892 g/mol. The SMILES string of the molecule is CC/C=C/C/C=C/C/C=C/CCCCCCCC(=O)O[C@@H](COC(=O)CCC/C=C/CC/C=C/CCCCCCCCCCCCCCCC)COP(=O)([O-])OCC[N+](C)(C)C. The highest BCUT2D eigenvalue weighted by atomic mass is 31.2. The summed E-state index contributed by atoms with van der Waals surface area (Å²) in [5.74, 6) is -0.904. The van der Waals surface area contributed by atoms with Gasteiger partial charge in [-0.1, -0.05) is 177 Å². The van der Waals surface area contributed by atoms with Crippen LogP contribution in [0.5, 0.6) is 0 Å². The molecule has 1 unspecified atom stereocenters. The molecule has 0 aliphatic carbocycles. The minimum atomic E-state index is -4.64. The van der Waals surface area contributed by atoms with Crippen molar-refractivity contribution in [3.63, 3.8) is 0 Å². The number of hydrogen-bond acceptors (Lipinski definition) is 8. The highest BCUT2D eigenvalue weighted by Crippen LogP contribution is 2.38. The highest BCUT2D eigenvalue weighted by molar-refractivity contribution is 7.45. The fourth-order valence-electron chi connectivity index (χ4n) is 6.63. The summed E-state index contributed by atoms with van der Waals surface area (Å²) in [6.45, 7) is 4.06. The van der Waals surface area contributed by atoms with Gasteiger partial charge in [0.25, 0.3) is 7.82 Å². The molecule has 0 spiro atoms. The first kappa shape index (κ1) is 59.7. The van der Waals surface area contributed by atoms with Crippen LogP contribution < -0.4 is 4.89 Å². The van der Waals surface area contributed by atoms with Crippen LogP contribution in [-0.2, 0) is 32.7 Å². The second-order valence-electron chi connectivity index (χ2n) is 17.8. The lowest BCUT2D eigenvalue weighted by molar-refractivity contribution is -0.870. The fraction of sp³-hybridized carbons (Fsp3) is 0.769. The number of likely N-dealkylation sites (N-methyl/N-ethyl adjacent to an activating group) is 1. The number of esters is 2. The predicted octanol–water partition coefficient (Wildman–Crippen LogP) is 14.2. The Morgan fingerprint density at radius 2 is 0.952 bits per heavy atom. The molecule has 0 N–H and O–H groups in total. The van der Waals surface area contributed by atoms with E-state index in [9.17, 15) is 19.0 Å². The molecule has 0 rings (SSSR count). The van der Waals surface area contributed by atoms with E-state index in [1.54, 1.807) is 0 Å². The number of phosphoric ester groups is 1. The molecular weight excluding hydrogens is 798 g/mol. The molecule has 0 aromatic carbocycles. The Kier molecular flexibility index (Phi) is 42.3. The Labute approximate surface area is 381 Å². The van der Waals surface area contributed by atoms with Crippen molar-refractivity contribution in [2.24, 2.45) is 0 Å². The van der Waals surface area contributed by atoms with Gasteiger partial charge in [0, 0.05) is 12.8 Å². The Hall–Kier alpha value is -2.29. The Morgan fingerprint density at radius 3 is 1.48 bits per heavy atom. The summed E-state index contributed by atoms with van der Waals surface area (Å²) in [4.78, 5) is 37.6. The summed E-state index contributed by atoms with van der Waals surface area (Å²) in [7, 11) is 1.13. The number of allylic oxidation sites excluding steroid dienone is 10. The van der Waals surface area contributed by atoms with Crippen LogP contribution in [-0.4, -0.2) is 70.0 Å². The number of unbranched alkanes of at least 4 members (excludes halogenated alkanes) is 21. The number of ether oxygens (including phenoxy) is 2. The van der Waals surface area contributed by atoms with Crippen molar-refractivity contribution in [1.82, 2.24) is 0 Å². The van der Waals surface area contributed by atoms with Crippen LogP contribution in [0.2, 0.25) is 0 Å². The molecule has 0 amide bonds. The van der Waals surface area contributed by atoms with Crippen molar-refractivity contribution in [1.29, 1.82) is 0 Å². The number of carbonyl (C=O) groups excluding carboxylic acids is 2. The van der Waals surface area contributed by atoms with E-state index in [4.69, 9.17) is 18.5 Å². The van der Waals surface area contributed by atoms with Gasteiger partial charge in [-0.3, -0.25) is 14.2 Å². The lowest BCUT2D eigenvalue weighted by Crippen LogP contribution is -2.37. The van der Waals surface area contributed by atoms with Gasteiger partial charge in [0.1, 0.15) is 19.8 Å². The molecule has 10 heteroatoms. The number of quaternary nitrogens is 1. The lowest BCUT2D eigenvalue weighted by atomic mass is 10.0. The predicted molar refractivity (Wildman–Crippen MR) is 259 cm³/mol. The van der Waals surface area contributed by atoms with Gasteiger partial charge in [-0.15, -0.1) is 0 Å². The van der Waals surface area contributed by atoms with Crippen LogP contribution in [0.15, 0.2) is 60.8 Å². The van der Waals surface area contributed by atoms with Gasteiger partial charge in [0.05, 0.1) is 27.7 Å². The zero-order valence-electron chi connectivity index (χ0n) is 40.6. The number of phosphoric acid groups is 1. The molecule has 0 heterocycles. The van der Waals surface area contributed by atoms with Gasteiger partial charge in [0.2, 0.25) is 0 Å². The van der Waals surface area contributed by atoms with Gasteiger partial charge in [-0.25, -0.2) is 0 Å². The summed E-state index contributed by atoms with van der Waals surface area (Å²) >= 11 is 0. The summed E-state index contributed by atoms with van der Waals surface area (Å²) in [5.41, 5.74) is 0. The second kappa shape index (κ2) is 43.9. The molecule has 360 valence electrons. The summed E-state index contributed by atoms with van der Waals surface area (Å²) in [5, 5.41) is 0. The molecule has 0 radical (unpaired) electrons. The molecule has 9 nitrogen and oxygen atoms in total.